The summed E-state index contributed by atoms with van der Waals surface area (Å²) in [5, 5.41) is 0. The first kappa shape index (κ1) is 13.5. The van der Waals surface area contributed by atoms with Crippen LogP contribution in [-0.4, -0.2) is 17.7 Å². The molecule has 1 saturated carbocycles. The molecular formula is C15H15F3O2. The highest BCUT2D eigenvalue weighted by Gasteiger charge is 2.73. The van der Waals surface area contributed by atoms with Crippen molar-refractivity contribution in [3.05, 3.63) is 12.2 Å². The van der Waals surface area contributed by atoms with Crippen molar-refractivity contribution in [3.8, 4) is 11.8 Å². The van der Waals surface area contributed by atoms with Crippen molar-refractivity contribution >= 4 is 5.97 Å². The smallest absolute Gasteiger partial charge is 0.428 e. The molecule has 0 radical (unpaired) electrons. The second kappa shape index (κ2) is 4.28. The quantitative estimate of drug-likeness (QED) is 0.442. The number of cyclic esters (lactones) is 1. The maximum Gasteiger partial charge on any atom is 0.428 e. The Balaban J connectivity index is 1.99. The van der Waals surface area contributed by atoms with Gasteiger partial charge in [-0.3, -0.25) is 4.79 Å². The minimum absolute atomic E-state index is 0.0843. The van der Waals surface area contributed by atoms with E-state index >= 15 is 0 Å². The maximum absolute atomic E-state index is 13.6. The van der Waals surface area contributed by atoms with Crippen LogP contribution in [0.15, 0.2) is 12.2 Å². The minimum Gasteiger partial charge on any atom is -0.449 e. The SMILES string of the molecule is CC#CCC[C@@]1(C(F)(F)F)OC(=O)C2C3C=CC(C3)C21. The van der Waals surface area contributed by atoms with Crippen LogP contribution >= 0.6 is 0 Å². The van der Waals surface area contributed by atoms with E-state index in [1.807, 2.05) is 12.2 Å². The number of carbonyl (C=O) groups is 1. The van der Waals surface area contributed by atoms with Gasteiger partial charge in [-0.05, 0) is 25.2 Å². The highest BCUT2D eigenvalue weighted by molar-refractivity contribution is 5.78. The molecule has 0 aromatic carbocycles. The standard InChI is InChI=1S/C15H15F3O2/c1-2-3-4-7-14(15(16,17)18)12-10-6-5-9(8-10)11(12)13(19)20-14/h5-6,9-12H,4,7-8H2,1H3/t9?,10?,11?,12?,14-/m1/s1. The fourth-order valence-corrected chi connectivity index (χ4v) is 4.07. The van der Waals surface area contributed by atoms with Crippen LogP contribution in [0.5, 0.6) is 0 Å². The zero-order valence-corrected chi connectivity index (χ0v) is 11.0. The Morgan fingerprint density at radius 3 is 2.75 bits per heavy atom. The Morgan fingerprint density at radius 1 is 1.40 bits per heavy atom. The van der Waals surface area contributed by atoms with Gasteiger partial charge in [0.05, 0.1) is 5.92 Å². The lowest BCUT2D eigenvalue weighted by Gasteiger charge is -2.37. The number of alkyl halides is 3. The van der Waals surface area contributed by atoms with Gasteiger partial charge in [0.1, 0.15) is 0 Å². The summed E-state index contributed by atoms with van der Waals surface area (Å²) in [6, 6.07) is 0. The molecule has 2 bridgehead atoms. The van der Waals surface area contributed by atoms with Crippen LogP contribution < -0.4 is 0 Å². The van der Waals surface area contributed by atoms with E-state index in [1.165, 1.54) is 0 Å². The van der Waals surface area contributed by atoms with Crippen LogP contribution in [0.2, 0.25) is 0 Å². The lowest BCUT2D eigenvalue weighted by molar-refractivity contribution is -0.275. The molecule has 0 N–H and O–H groups in total. The molecule has 1 heterocycles. The number of hydrogen-bond acceptors (Lipinski definition) is 2. The van der Waals surface area contributed by atoms with Crippen LogP contribution in [0, 0.1) is 35.5 Å². The lowest BCUT2D eigenvalue weighted by Crippen LogP contribution is -2.52. The van der Waals surface area contributed by atoms with Crippen molar-refractivity contribution in [1.82, 2.24) is 0 Å². The van der Waals surface area contributed by atoms with E-state index in [0.29, 0.717) is 6.42 Å². The Kier molecular flexibility index (Phi) is 2.89. The molecule has 0 amide bonds. The summed E-state index contributed by atoms with van der Waals surface area (Å²) in [4.78, 5) is 11.9. The summed E-state index contributed by atoms with van der Waals surface area (Å²) in [7, 11) is 0. The van der Waals surface area contributed by atoms with Crippen LogP contribution in [0.4, 0.5) is 13.2 Å². The molecule has 3 aliphatic rings. The first-order chi connectivity index (χ1) is 9.40. The number of allylic oxidation sites excluding steroid dienone is 2. The highest BCUT2D eigenvalue weighted by Crippen LogP contribution is 2.62. The molecule has 1 aliphatic heterocycles. The second-order valence-corrected chi connectivity index (χ2v) is 5.74. The van der Waals surface area contributed by atoms with Crippen LogP contribution in [0.3, 0.4) is 0 Å². The van der Waals surface area contributed by atoms with Crippen molar-refractivity contribution in [3.63, 3.8) is 0 Å². The number of halogens is 3. The van der Waals surface area contributed by atoms with Gasteiger partial charge in [-0.1, -0.05) is 12.2 Å². The molecule has 4 unspecified atom stereocenters. The lowest BCUT2D eigenvalue weighted by atomic mass is 9.72. The predicted molar refractivity (Wildman–Crippen MR) is 65.3 cm³/mol. The highest BCUT2D eigenvalue weighted by atomic mass is 19.4. The monoisotopic (exact) mass is 284 g/mol. The molecule has 0 spiro atoms. The van der Waals surface area contributed by atoms with E-state index in [0.717, 1.165) is 0 Å². The molecular weight excluding hydrogens is 269 g/mol. The number of carbonyl (C=O) groups excluding carboxylic acids is 1. The molecule has 2 aliphatic carbocycles. The third-order valence-corrected chi connectivity index (χ3v) is 4.83. The molecule has 3 rings (SSSR count). The van der Waals surface area contributed by atoms with Gasteiger partial charge >= 0.3 is 12.1 Å². The molecule has 5 atom stereocenters. The Labute approximate surface area is 115 Å². The average molecular weight is 284 g/mol. The predicted octanol–water partition coefficient (Wildman–Crippen LogP) is 3.09. The average Bonchev–Trinajstić information content (AvgIpc) is 3.01. The van der Waals surface area contributed by atoms with Gasteiger partial charge in [-0.25, -0.2) is 0 Å². The molecule has 2 nitrogen and oxygen atoms in total. The topological polar surface area (TPSA) is 26.3 Å². The molecule has 0 aromatic rings. The normalized spacial score (nSPS) is 41.3. The van der Waals surface area contributed by atoms with Crippen molar-refractivity contribution < 1.29 is 22.7 Å². The number of fused-ring (bicyclic) bond motifs is 5. The fraction of sp³-hybridized carbons (Fsp3) is 0.667. The van der Waals surface area contributed by atoms with Crippen molar-refractivity contribution in [2.24, 2.45) is 23.7 Å². The largest absolute Gasteiger partial charge is 0.449 e. The first-order valence-electron chi connectivity index (χ1n) is 6.78. The number of esters is 1. The summed E-state index contributed by atoms with van der Waals surface area (Å²) in [6.45, 7) is 1.59. The van der Waals surface area contributed by atoms with Gasteiger partial charge in [-0.15, -0.1) is 11.8 Å². The summed E-state index contributed by atoms with van der Waals surface area (Å²) in [6.07, 6.45) is -0.391. The minimum atomic E-state index is -4.55. The third kappa shape index (κ3) is 1.63. The van der Waals surface area contributed by atoms with E-state index in [1.54, 1.807) is 6.92 Å². The van der Waals surface area contributed by atoms with Crippen LogP contribution in [0.1, 0.15) is 26.2 Å². The van der Waals surface area contributed by atoms with Crippen molar-refractivity contribution in [2.45, 2.75) is 38.0 Å². The first-order valence-corrected chi connectivity index (χ1v) is 6.78. The third-order valence-electron chi connectivity index (χ3n) is 4.83. The Bertz CT molecular complexity index is 525. The van der Waals surface area contributed by atoms with Crippen LogP contribution in [-0.2, 0) is 9.53 Å². The Hall–Kier alpha value is -1.44. The maximum atomic E-state index is 13.6. The van der Waals surface area contributed by atoms with Crippen molar-refractivity contribution in [2.75, 3.05) is 0 Å². The van der Waals surface area contributed by atoms with Gasteiger partial charge in [0, 0.05) is 18.8 Å². The van der Waals surface area contributed by atoms with E-state index in [2.05, 4.69) is 11.8 Å². The second-order valence-electron chi connectivity index (χ2n) is 5.74. The molecule has 2 fully saturated rings. The zero-order chi connectivity index (χ0) is 14.5. The van der Waals surface area contributed by atoms with Gasteiger partial charge < -0.3 is 4.74 Å². The van der Waals surface area contributed by atoms with E-state index in [4.69, 9.17) is 4.74 Å². The van der Waals surface area contributed by atoms with Gasteiger partial charge in [-0.2, -0.15) is 13.2 Å². The van der Waals surface area contributed by atoms with Crippen molar-refractivity contribution in [1.29, 1.82) is 0 Å². The van der Waals surface area contributed by atoms with E-state index in [9.17, 15) is 18.0 Å². The summed E-state index contributed by atoms with van der Waals surface area (Å²) >= 11 is 0. The number of rotatable bonds is 2. The van der Waals surface area contributed by atoms with E-state index < -0.39 is 29.6 Å². The zero-order valence-electron chi connectivity index (χ0n) is 11.0. The fourth-order valence-electron chi connectivity index (χ4n) is 4.07. The molecule has 20 heavy (non-hydrogen) atoms. The summed E-state index contributed by atoms with van der Waals surface area (Å²) in [5.74, 6) is 2.87. The summed E-state index contributed by atoms with van der Waals surface area (Å²) < 4.78 is 45.8. The molecule has 0 aromatic heterocycles. The molecule has 1 saturated heterocycles. The van der Waals surface area contributed by atoms with E-state index in [-0.39, 0.29) is 24.7 Å². The van der Waals surface area contributed by atoms with Gasteiger partial charge in [0.15, 0.2) is 0 Å². The number of hydrogen-bond donors (Lipinski definition) is 0. The van der Waals surface area contributed by atoms with Gasteiger partial charge in [0.2, 0.25) is 5.60 Å². The number of ether oxygens (including phenoxy) is 1. The molecule has 108 valence electrons. The van der Waals surface area contributed by atoms with Crippen LogP contribution in [0.25, 0.3) is 0 Å². The summed E-state index contributed by atoms with van der Waals surface area (Å²) in [5.41, 5.74) is -2.34. The van der Waals surface area contributed by atoms with Gasteiger partial charge in [0.25, 0.3) is 0 Å². The molecule has 5 heteroatoms. The Morgan fingerprint density at radius 2 is 2.10 bits per heavy atom.